The molecule has 0 aliphatic carbocycles. The van der Waals surface area contributed by atoms with Gasteiger partial charge in [-0.25, -0.2) is 4.98 Å². The molecule has 1 amide bonds. The van der Waals surface area contributed by atoms with Gasteiger partial charge in [0.15, 0.2) is 5.01 Å². The zero-order valence-electron chi connectivity index (χ0n) is 10.9. The summed E-state index contributed by atoms with van der Waals surface area (Å²) in [5.41, 5.74) is -0.125. The van der Waals surface area contributed by atoms with Gasteiger partial charge < -0.3 is 9.64 Å². The lowest BCUT2D eigenvalue weighted by atomic mass is 9.99. The van der Waals surface area contributed by atoms with Crippen molar-refractivity contribution in [2.75, 3.05) is 26.8 Å². The topological polar surface area (TPSA) is 42.4 Å². The maximum absolute atomic E-state index is 12.5. The van der Waals surface area contributed by atoms with Crippen LogP contribution < -0.4 is 0 Å². The number of thiazole rings is 1. The van der Waals surface area contributed by atoms with E-state index >= 15 is 0 Å². The first-order valence-electron chi connectivity index (χ1n) is 6.22. The molecule has 0 radical (unpaired) electrons. The molecule has 2 heterocycles. The van der Waals surface area contributed by atoms with Crippen molar-refractivity contribution >= 4 is 17.2 Å². The van der Waals surface area contributed by atoms with Crippen LogP contribution in [-0.4, -0.2) is 42.6 Å². The van der Waals surface area contributed by atoms with Crippen LogP contribution in [0.3, 0.4) is 0 Å². The van der Waals surface area contributed by atoms with Gasteiger partial charge in [0.25, 0.3) is 5.91 Å². The van der Waals surface area contributed by atoms with Crippen molar-refractivity contribution < 1.29 is 22.7 Å². The number of carbonyl (C=O) groups is 1. The Morgan fingerprint density at radius 3 is 2.95 bits per heavy atom. The second-order valence-electron chi connectivity index (χ2n) is 4.75. The summed E-state index contributed by atoms with van der Waals surface area (Å²) in [7, 11) is 1.59. The molecule has 1 aromatic heterocycles. The first-order chi connectivity index (χ1) is 9.41. The van der Waals surface area contributed by atoms with Gasteiger partial charge in [0, 0.05) is 25.6 Å². The maximum Gasteiger partial charge on any atom is 0.443 e. The summed E-state index contributed by atoms with van der Waals surface area (Å²) < 4.78 is 42.5. The molecule has 2 rings (SSSR count). The Morgan fingerprint density at radius 1 is 1.60 bits per heavy atom. The Labute approximate surface area is 118 Å². The Kier molecular flexibility index (Phi) is 4.64. The third kappa shape index (κ3) is 3.49. The van der Waals surface area contributed by atoms with Gasteiger partial charge in [0.05, 0.1) is 6.61 Å². The van der Waals surface area contributed by atoms with E-state index in [-0.39, 0.29) is 11.6 Å². The molecule has 1 saturated heterocycles. The molecule has 1 aliphatic rings. The number of methoxy groups -OCH3 is 1. The number of amides is 1. The van der Waals surface area contributed by atoms with Crippen molar-refractivity contribution in [1.29, 1.82) is 0 Å². The minimum Gasteiger partial charge on any atom is -0.384 e. The third-order valence-corrected chi connectivity index (χ3v) is 4.06. The highest BCUT2D eigenvalue weighted by Crippen LogP contribution is 2.32. The molecule has 1 atom stereocenters. The van der Waals surface area contributed by atoms with E-state index in [0.717, 1.165) is 12.8 Å². The molecule has 1 aliphatic heterocycles. The van der Waals surface area contributed by atoms with Crippen LogP contribution in [0.15, 0.2) is 5.38 Å². The summed E-state index contributed by atoms with van der Waals surface area (Å²) in [4.78, 5) is 17.1. The molecule has 1 unspecified atom stereocenters. The molecule has 20 heavy (non-hydrogen) atoms. The number of carbonyl (C=O) groups excluding carboxylic acids is 1. The number of piperidine rings is 1. The molecule has 1 fully saturated rings. The van der Waals surface area contributed by atoms with Crippen LogP contribution >= 0.6 is 11.3 Å². The number of halogens is 3. The minimum absolute atomic E-state index is 0.125. The molecule has 0 bridgehead atoms. The Balaban J connectivity index is 2.05. The van der Waals surface area contributed by atoms with Crippen LogP contribution in [0.4, 0.5) is 13.2 Å². The fraction of sp³-hybridized carbons (Fsp3) is 0.667. The Hall–Kier alpha value is -1.15. The second-order valence-corrected chi connectivity index (χ2v) is 5.61. The molecular weight excluding hydrogens is 293 g/mol. The standard InChI is InChI=1S/C12H15F3N2O2S/c1-19-6-8-3-2-4-17(5-8)10(18)9-7-20-11(16-9)12(13,14)15/h7-8H,2-6H2,1H3. The summed E-state index contributed by atoms with van der Waals surface area (Å²) in [5, 5.41) is 0.191. The predicted octanol–water partition coefficient (Wildman–Crippen LogP) is 2.66. The zero-order chi connectivity index (χ0) is 14.8. The quantitative estimate of drug-likeness (QED) is 0.862. The summed E-state index contributed by atoms with van der Waals surface area (Å²) >= 11 is 0.452. The van der Waals surface area contributed by atoms with Crippen molar-refractivity contribution in [3.63, 3.8) is 0 Å². The van der Waals surface area contributed by atoms with E-state index < -0.39 is 17.1 Å². The number of ether oxygens (including phenoxy) is 1. The molecule has 0 N–H and O–H groups in total. The highest BCUT2D eigenvalue weighted by molar-refractivity contribution is 7.09. The lowest BCUT2D eigenvalue weighted by Gasteiger charge is -2.31. The molecule has 4 nitrogen and oxygen atoms in total. The number of hydrogen-bond donors (Lipinski definition) is 0. The van der Waals surface area contributed by atoms with Crippen molar-refractivity contribution in [1.82, 2.24) is 9.88 Å². The van der Waals surface area contributed by atoms with E-state index in [1.54, 1.807) is 12.0 Å². The van der Waals surface area contributed by atoms with Gasteiger partial charge in [-0.05, 0) is 18.8 Å². The summed E-state index contributed by atoms with van der Waals surface area (Å²) in [6.45, 7) is 1.61. The van der Waals surface area contributed by atoms with Crippen molar-refractivity contribution in [3.05, 3.63) is 16.1 Å². The van der Waals surface area contributed by atoms with E-state index in [1.165, 1.54) is 5.38 Å². The van der Waals surface area contributed by atoms with Gasteiger partial charge in [0.1, 0.15) is 5.69 Å². The summed E-state index contributed by atoms with van der Waals surface area (Å²) in [5.74, 6) is -0.198. The van der Waals surface area contributed by atoms with Crippen LogP contribution in [0, 0.1) is 5.92 Å². The van der Waals surface area contributed by atoms with Crippen molar-refractivity contribution in [2.24, 2.45) is 5.92 Å². The number of nitrogens with zero attached hydrogens (tertiary/aromatic N) is 2. The lowest BCUT2D eigenvalue weighted by Crippen LogP contribution is -2.41. The van der Waals surface area contributed by atoms with Crippen LogP contribution in [0.2, 0.25) is 0 Å². The smallest absolute Gasteiger partial charge is 0.384 e. The first kappa shape index (κ1) is 15.2. The molecule has 1 aromatic rings. The summed E-state index contributed by atoms with van der Waals surface area (Å²) in [6, 6.07) is 0. The van der Waals surface area contributed by atoms with Crippen LogP contribution in [0.25, 0.3) is 0 Å². The fourth-order valence-electron chi connectivity index (χ4n) is 2.29. The molecule has 0 saturated carbocycles. The monoisotopic (exact) mass is 308 g/mol. The maximum atomic E-state index is 12.5. The van der Waals surface area contributed by atoms with E-state index in [9.17, 15) is 18.0 Å². The van der Waals surface area contributed by atoms with Crippen molar-refractivity contribution in [2.45, 2.75) is 19.0 Å². The van der Waals surface area contributed by atoms with Gasteiger partial charge >= 0.3 is 6.18 Å². The predicted molar refractivity (Wildman–Crippen MR) is 67.6 cm³/mol. The van der Waals surface area contributed by atoms with E-state index in [4.69, 9.17) is 4.74 Å². The molecule has 0 spiro atoms. The minimum atomic E-state index is -4.50. The fourth-order valence-corrected chi connectivity index (χ4v) is 2.95. The number of rotatable bonds is 3. The van der Waals surface area contributed by atoms with Crippen LogP contribution in [0.1, 0.15) is 28.3 Å². The average molecular weight is 308 g/mol. The highest BCUT2D eigenvalue weighted by atomic mass is 32.1. The van der Waals surface area contributed by atoms with Crippen molar-refractivity contribution in [3.8, 4) is 0 Å². The van der Waals surface area contributed by atoms with Gasteiger partial charge in [-0.15, -0.1) is 11.3 Å². The molecular formula is C12H15F3N2O2S. The summed E-state index contributed by atoms with van der Waals surface area (Å²) in [6.07, 6.45) is -2.71. The van der Waals surface area contributed by atoms with E-state index in [1.807, 2.05) is 0 Å². The molecule has 8 heteroatoms. The molecule has 0 aromatic carbocycles. The van der Waals surface area contributed by atoms with Gasteiger partial charge in [-0.1, -0.05) is 0 Å². The second kappa shape index (κ2) is 6.09. The van der Waals surface area contributed by atoms with Gasteiger partial charge in [-0.3, -0.25) is 4.79 Å². The highest BCUT2D eigenvalue weighted by Gasteiger charge is 2.36. The number of likely N-dealkylation sites (tertiary alicyclic amines) is 1. The van der Waals surface area contributed by atoms with Crippen LogP contribution in [-0.2, 0) is 10.9 Å². The van der Waals surface area contributed by atoms with Gasteiger partial charge in [0.2, 0.25) is 0 Å². The van der Waals surface area contributed by atoms with Crippen LogP contribution in [0.5, 0.6) is 0 Å². The Morgan fingerprint density at radius 2 is 2.35 bits per heavy atom. The third-order valence-electron chi connectivity index (χ3n) is 3.17. The molecule has 112 valence electrons. The Bertz CT molecular complexity index is 474. The van der Waals surface area contributed by atoms with E-state index in [2.05, 4.69) is 4.98 Å². The largest absolute Gasteiger partial charge is 0.443 e. The SMILES string of the molecule is COCC1CCCN(C(=O)c2csc(C(F)(F)F)n2)C1. The number of alkyl halides is 3. The number of aromatic nitrogens is 1. The number of hydrogen-bond acceptors (Lipinski definition) is 4. The van der Waals surface area contributed by atoms with Gasteiger partial charge in [-0.2, -0.15) is 13.2 Å². The first-order valence-corrected chi connectivity index (χ1v) is 7.10. The zero-order valence-corrected chi connectivity index (χ0v) is 11.8. The lowest BCUT2D eigenvalue weighted by molar-refractivity contribution is -0.137. The van der Waals surface area contributed by atoms with E-state index in [0.29, 0.717) is 31.0 Å². The average Bonchev–Trinajstić information content (AvgIpc) is 2.88. The normalized spacial score (nSPS) is 20.2.